The second-order valence-corrected chi connectivity index (χ2v) is 4.38. The minimum absolute atomic E-state index is 1.07. The van der Waals surface area contributed by atoms with Crippen molar-refractivity contribution in [2.75, 3.05) is 6.26 Å². The van der Waals surface area contributed by atoms with Crippen molar-refractivity contribution >= 4 is 17.3 Å². The molecule has 0 aliphatic carbocycles. The first kappa shape index (κ1) is 9.59. The van der Waals surface area contributed by atoms with E-state index in [4.69, 9.17) is 0 Å². The van der Waals surface area contributed by atoms with Gasteiger partial charge >= 0.3 is 0 Å². The molecule has 2 aromatic rings. The fraction of sp³-hybridized carbons (Fsp3) is 0.364. The normalized spacial score (nSPS) is 11.1. The molecule has 0 saturated carbocycles. The van der Waals surface area contributed by atoms with Crippen molar-refractivity contribution in [3.8, 4) is 0 Å². The predicted octanol–water partition coefficient (Wildman–Crippen LogP) is 2.98. The minimum Gasteiger partial charge on any atom is -0.227 e. The molecule has 0 aliphatic rings. The molecular weight excluding hydrogens is 192 g/mol. The number of hydrogen-bond donors (Lipinski definition) is 0. The highest BCUT2D eigenvalue weighted by molar-refractivity contribution is 7.98. The number of thioether (sulfide) groups is 1. The molecule has 0 bridgehead atoms. The summed E-state index contributed by atoms with van der Waals surface area (Å²) in [5, 5.41) is 5.73. The van der Waals surface area contributed by atoms with E-state index in [-0.39, 0.29) is 0 Å². The van der Waals surface area contributed by atoms with E-state index >= 15 is 0 Å². The molecule has 2 aromatic heterocycles. The summed E-state index contributed by atoms with van der Waals surface area (Å²) in [6.45, 7) is 6.33. The van der Waals surface area contributed by atoms with Crippen molar-refractivity contribution in [1.29, 1.82) is 0 Å². The molecule has 0 unspecified atom stereocenters. The van der Waals surface area contributed by atoms with Crippen LogP contribution in [0.1, 0.15) is 16.8 Å². The maximum atomic E-state index is 4.48. The zero-order valence-electron chi connectivity index (χ0n) is 8.96. The van der Waals surface area contributed by atoms with E-state index in [0.717, 1.165) is 5.69 Å². The smallest absolute Gasteiger partial charge is 0.101 e. The van der Waals surface area contributed by atoms with Gasteiger partial charge in [-0.25, -0.2) is 4.52 Å². The average molecular weight is 206 g/mol. The number of aromatic nitrogens is 2. The number of nitrogens with zero attached hydrogens (tertiary/aromatic N) is 2. The average Bonchev–Trinajstić information content (AvgIpc) is 2.47. The van der Waals surface area contributed by atoms with Gasteiger partial charge in [0.2, 0.25) is 0 Å². The first-order chi connectivity index (χ1) is 6.63. The second-order valence-electron chi connectivity index (χ2n) is 3.58. The monoisotopic (exact) mass is 206 g/mol. The van der Waals surface area contributed by atoms with Gasteiger partial charge in [-0.05, 0) is 50.3 Å². The minimum atomic E-state index is 1.07. The summed E-state index contributed by atoms with van der Waals surface area (Å²) in [7, 11) is 0. The lowest BCUT2D eigenvalue weighted by Gasteiger charge is -2.08. The molecule has 0 aromatic carbocycles. The topological polar surface area (TPSA) is 17.3 Å². The van der Waals surface area contributed by atoms with E-state index in [9.17, 15) is 0 Å². The van der Waals surface area contributed by atoms with Gasteiger partial charge in [-0.15, -0.1) is 11.8 Å². The van der Waals surface area contributed by atoms with Crippen molar-refractivity contribution in [3.63, 3.8) is 0 Å². The van der Waals surface area contributed by atoms with Gasteiger partial charge in [0.1, 0.15) is 5.03 Å². The Balaban J connectivity index is 2.87. The third-order valence-electron chi connectivity index (χ3n) is 2.52. The fourth-order valence-corrected chi connectivity index (χ4v) is 2.47. The van der Waals surface area contributed by atoms with Crippen molar-refractivity contribution in [1.82, 2.24) is 9.61 Å². The molecule has 0 saturated heterocycles. The molecule has 2 rings (SSSR count). The third kappa shape index (κ3) is 1.32. The van der Waals surface area contributed by atoms with Crippen LogP contribution in [0.2, 0.25) is 0 Å². The van der Waals surface area contributed by atoms with Crippen LogP contribution in [0.25, 0.3) is 5.52 Å². The molecule has 0 spiro atoms. The Morgan fingerprint density at radius 2 is 1.93 bits per heavy atom. The van der Waals surface area contributed by atoms with Gasteiger partial charge in [-0.2, -0.15) is 5.10 Å². The van der Waals surface area contributed by atoms with Crippen LogP contribution in [-0.4, -0.2) is 15.9 Å². The molecule has 0 fully saturated rings. The Morgan fingerprint density at radius 1 is 1.21 bits per heavy atom. The first-order valence-electron chi connectivity index (χ1n) is 4.64. The molecule has 0 atom stereocenters. The van der Waals surface area contributed by atoms with Crippen LogP contribution in [0, 0.1) is 20.8 Å². The molecule has 74 valence electrons. The van der Waals surface area contributed by atoms with Crippen LogP contribution in [0.4, 0.5) is 0 Å². The zero-order valence-corrected chi connectivity index (χ0v) is 9.77. The Kier molecular flexibility index (Phi) is 2.27. The maximum absolute atomic E-state index is 4.48. The first-order valence-corrected chi connectivity index (χ1v) is 5.86. The van der Waals surface area contributed by atoms with E-state index in [1.807, 2.05) is 11.4 Å². The lowest BCUT2D eigenvalue weighted by atomic mass is 10.2. The van der Waals surface area contributed by atoms with Crippen LogP contribution >= 0.6 is 11.8 Å². The molecule has 14 heavy (non-hydrogen) atoms. The van der Waals surface area contributed by atoms with E-state index < -0.39 is 0 Å². The molecule has 0 aliphatic heterocycles. The summed E-state index contributed by atoms with van der Waals surface area (Å²) in [4.78, 5) is 0. The van der Waals surface area contributed by atoms with Crippen LogP contribution < -0.4 is 0 Å². The summed E-state index contributed by atoms with van der Waals surface area (Å²) < 4.78 is 2.03. The number of rotatable bonds is 1. The zero-order chi connectivity index (χ0) is 10.3. The van der Waals surface area contributed by atoms with Crippen LogP contribution in [0.5, 0.6) is 0 Å². The number of pyridine rings is 1. The summed E-state index contributed by atoms with van der Waals surface area (Å²) in [6, 6.07) is 4.31. The molecule has 0 radical (unpaired) electrons. The second kappa shape index (κ2) is 3.31. The molecule has 0 N–H and O–H groups in total. The molecule has 3 heteroatoms. The summed E-state index contributed by atoms with van der Waals surface area (Å²) >= 11 is 1.75. The van der Waals surface area contributed by atoms with Gasteiger partial charge in [0.05, 0.1) is 11.2 Å². The van der Waals surface area contributed by atoms with Gasteiger partial charge in [0.25, 0.3) is 0 Å². The fourth-order valence-electron chi connectivity index (χ4n) is 1.68. The van der Waals surface area contributed by atoms with Gasteiger partial charge in [-0.1, -0.05) is 0 Å². The highest BCUT2D eigenvalue weighted by atomic mass is 32.2. The molecule has 2 heterocycles. The Bertz CT molecular complexity index is 485. The van der Waals surface area contributed by atoms with Gasteiger partial charge in [-0.3, -0.25) is 0 Å². The lowest BCUT2D eigenvalue weighted by molar-refractivity contribution is 0.828. The van der Waals surface area contributed by atoms with Crippen molar-refractivity contribution < 1.29 is 0 Å². The maximum Gasteiger partial charge on any atom is 0.101 e. The van der Waals surface area contributed by atoms with Crippen LogP contribution in [0.3, 0.4) is 0 Å². The number of aryl methyl sites for hydroxylation is 2. The third-order valence-corrected chi connectivity index (χ3v) is 3.39. The number of hydrogen-bond acceptors (Lipinski definition) is 2. The lowest BCUT2D eigenvalue weighted by Crippen LogP contribution is -1.97. The standard InChI is InChI=1S/C11H14N2S/c1-7-5-10-6-8(2)12-13(10)11(14-4)9(7)3/h5-6H,1-4H3. The quantitative estimate of drug-likeness (QED) is 0.667. The summed E-state index contributed by atoms with van der Waals surface area (Å²) in [5.74, 6) is 0. The van der Waals surface area contributed by atoms with E-state index in [1.165, 1.54) is 21.7 Å². The highest BCUT2D eigenvalue weighted by Crippen LogP contribution is 2.24. The molecule has 0 amide bonds. The van der Waals surface area contributed by atoms with Crippen molar-refractivity contribution in [2.45, 2.75) is 25.8 Å². The Morgan fingerprint density at radius 3 is 2.57 bits per heavy atom. The predicted molar refractivity (Wildman–Crippen MR) is 61.2 cm³/mol. The SMILES string of the molecule is CSc1c(C)c(C)cc2cc(C)nn12. The Labute approximate surface area is 88.3 Å². The van der Waals surface area contributed by atoms with E-state index in [1.54, 1.807) is 11.8 Å². The van der Waals surface area contributed by atoms with Gasteiger partial charge in [0.15, 0.2) is 0 Å². The summed E-state index contributed by atoms with van der Waals surface area (Å²) in [5.41, 5.74) is 4.93. The summed E-state index contributed by atoms with van der Waals surface area (Å²) in [6.07, 6.45) is 2.10. The molecular formula is C11H14N2S. The Hall–Kier alpha value is -0.960. The number of fused-ring (bicyclic) bond motifs is 1. The van der Waals surface area contributed by atoms with Crippen LogP contribution in [-0.2, 0) is 0 Å². The highest BCUT2D eigenvalue weighted by Gasteiger charge is 2.08. The van der Waals surface area contributed by atoms with Crippen molar-refractivity contribution in [2.24, 2.45) is 0 Å². The van der Waals surface area contributed by atoms with Crippen LogP contribution in [0.15, 0.2) is 17.2 Å². The van der Waals surface area contributed by atoms with E-state index in [2.05, 4.69) is 37.3 Å². The molecule has 2 nitrogen and oxygen atoms in total. The largest absolute Gasteiger partial charge is 0.227 e. The van der Waals surface area contributed by atoms with Crippen molar-refractivity contribution in [3.05, 3.63) is 29.0 Å². The van der Waals surface area contributed by atoms with Gasteiger partial charge < -0.3 is 0 Å². The van der Waals surface area contributed by atoms with E-state index in [0.29, 0.717) is 0 Å². The van der Waals surface area contributed by atoms with Gasteiger partial charge in [0, 0.05) is 0 Å².